The number of hydrogen-bond acceptors (Lipinski definition) is 7. The molecule has 1 saturated carbocycles. The lowest BCUT2D eigenvalue weighted by atomic mass is 9.95. The van der Waals surface area contributed by atoms with Crippen molar-refractivity contribution in [3.8, 4) is 0 Å². The van der Waals surface area contributed by atoms with E-state index in [2.05, 4.69) is 15.1 Å². The van der Waals surface area contributed by atoms with Crippen molar-refractivity contribution in [1.29, 1.82) is 0 Å². The van der Waals surface area contributed by atoms with Gasteiger partial charge in [0.2, 0.25) is 11.8 Å². The molecule has 0 aromatic heterocycles. The number of ether oxygens (including phenoxy) is 2. The minimum absolute atomic E-state index is 0.00677. The molecule has 0 aromatic carbocycles. The summed E-state index contributed by atoms with van der Waals surface area (Å²) in [5, 5.41) is 3.20. The molecule has 1 atom stereocenters. The van der Waals surface area contributed by atoms with Crippen LogP contribution in [0, 0.1) is 5.92 Å². The Labute approximate surface area is 198 Å². The summed E-state index contributed by atoms with van der Waals surface area (Å²) in [6.45, 7) is 9.95. The lowest BCUT2D eigenvalue weighted by Crippen LogP contribution is -2.58. The molecule has 3 rings (SSSR count). The maximum Gasteiger partial charge on any atom is 0.306 e. The molecule has 9 nitrogen and oxygen atoms in total. The summed E-state index contributed by atoms with van der Waals surface area (Å²) in [4.78, 5) is 43.7. The van der Waals surface area contributed by atoms with Crippen LogP contribution in [-0.4, -0.2) is 111 Å². The van der Waals surface area contributed by atoms with E-state index in [0.717, 1.165) is 52.1 Å². The average molecular weight is 467 g/mol. The van der Waals surface area contributed by atoms with Gasteiger partial charge in [0.05, 0.1) is 32.3 Å². The topological polar surface area (TPSA) is 91.4 Å². The van der Waals surface area contributed by atoms with E-state index in [1.807, 2.05) is 4.90 Å². The molecule has 3 fully saturated rings. The monoisotopic (exact) mass is 466 g/mol. The van der Waals surface area contributed by atoms with Gasteiger partial charge in [-0.1, -0.05) is 12.8 Å². The number of nitrogens with one attached hydrogen (secondary N) is 1. The smallest absolute Gasteiger partial charge is 0.306 e. The van der Waals surface area contributed by atoms with Gasteiger partial charge in [0.15, 0.2) is 0 Å². The van der Waals surface area contributed by atoms with Gasteiger partial charge in [-0.05, 0) is 38.6 Å². The molecule has 0 bridgehead atoms. The van der Waals surface area contributed by atoms with E-state index >= 15 is 0 Å². The van der Waals surface area contributed by atoms with E-state index in [-0.39, 0.29) is 36.7 Å². The van der Waals surface area contributed by atoms with Gasteiger partial charge in [0.1, 0.15) is 0 Å². The standard InChI is InChI=1S/C24H42N4O5/c1-2-33-22(30)9-8-21(29)27-12-14-28(15-13-27)23(20-6-3-4-7-20)24(31)25-10-5-11-26-16-18-32-19-17-26/h20,23H,2-19H2,1H3,(H,25,31). The Morgan fingerprint density at radius 3 is 2.36 bits per heavy atom. The molecule has 2 saturated heterocycles. The predicted molar refractivity (Wildman–Crippen MR) is 125 cm³/mol. The SMILES string of the molecule is CCOC(=O)CCC(=O)N1CCN(C(C(=O)NCCCN2CCOCC2)C2CCCC2)CC1. The summed E-state index contributed by atoms with van der Waals surface area (Å²) in [6.07, 6.45) is 5.86. The summed E-state index contributed by atoms with van der Waals surface area (Å²) in [5.41, 5.74) is 0. The van der Waals surface area contributed by atoms with Crippen LogP contribution in [0.5, 0.6) is 0 Å². The van der Waals surface area contributed by atoms with E-state index in [9.17, 15) is 14.4 Å². The molecule has 9 heteroatoms. The Morgan fingerprint density at radius 1 is 1.00 bits per heavy atom. The number of carbonyl (C=O) groups is 3. The second-order valence-corrected chi connectivity index (χ2v) is 9.31. The Kier molecular flexibility index (Phi) is 10.9. The first kappa shape index (κ1) is 25.9. The fraction of sp³-hybridized carbons (Fsp3) is 0.875. The molecule has 33 heavy (non-hydrogen) atoms. The van der Waals surface area contributed by atoms with Crippen molar-refractivity contribution in [2.45, 2.75) is 57.9 Å². The van der Waals surface area contributed by atoms with Gasteiger partial charge in [-0.15, -0.1) is 0 Å². The number of esters is 1. The van der Waals surface area contributed by atoms with Gasteiger partial charge < -0.3 is 19.7 Å². The van der Waals surface area contributed by atoms with Crippen LogP contribution < -0.4 is 5.32 Å². The van der Waals surface area contributed by atoms with Crippen LogP contribution in [0.3, 0.4) is 0 Å². The summed E-state index contributed by atoms with van der Waals surface area (Å²) in [6, 6.07) is -0.104. The lowest BCUT2D eigenvalue weighted by Gasteiger charge is -2.40. The molecule has 2 amide bonds. The number of amides is 2. The molecular formula is C24H42N4O5. The summed E-state index contributed by atoms with van der Waals surface area (Å²) in [7, 11) is 0. The molecule has 3 aliphatic rings. The zero-order valence-electron chi connectivity index (χ0n) is 20.3. The molecule has 1 aliphatic carbocycles. The molecule has 0 aromatic rings. The average Bonchev–Trinajstić information content (AvgIpc) is 3.36. The lowest BCUT2D eigenvalue weighted by molar-refractivity contribution is -0.146. The van der Waals surface area contributed by atoms with Gasteiger partial charge in [-0.2, -0.15) is 0 Å². The van der Waals surface area contributed by atoms with Crippen molar-refractivity contribution in [2.24, 2.45) is 5.92 Å². The van der Waals surface area contributed by atoms with Gasteiger partial charge >= 0.3 is 5.97 Å². The molecule has 2 heterocycles. The molecule has 0 spiro atoms. The highest BCUT2D eigenvalue weighted by Crippen LogP contribution is 2.31. The van der Waals surface area contributed by atoms with Crippen molar-refractivity contribution >= 4 is 17.8 Å². The highest BCUT2D eigenvalue weighted by Gasteiger charge is 2.37. The second-order valence-electron chi connectivity index (χ2n) is 9.31. The zero-order valence-corrected chi connectivity index (χ0v) is 20.3. The van der Waals surface area contributed by atoms with Crippen molar-refractivity contribution in [1.82, 2.24) is 20.0 Å². The maximum atomic E-state index is 13.2. The van der Waals surface area contributed by atoms with Gasteiger partial charge in [-0.25, -0.2) is 0 Å². The number of morpholine rings is 1. The van der Waals surface area contributed by atoms with Crippen LogP contribution in [-0.2, 0) is 23.9 Å². The third-order valence-corrected chi connectivity index (χ3v) is 7.08. The van der Waals surface area contributed by atoms with Gasteiger partial charge in [-0.3, -0.25) is 24.2 Å². The van der Waals surface area contributed by atoms with Crippen LogP contribution in [0.15, 0.2) is 0 Å². The highest BCUT2D eigenvalue weighted by atomic mass is 16.5. The number of hydrogen-bond donors (Lipinski definition) is 1. The third kappa shape index (κ3) is 8.22. The van der Waals surface area contributed by atoms with Crippen LogP contribution >= 0.6 is 0 Å². The minimum atomic E-state index is -0.323. The molecule has 2 aliphatic heterocycles. The van der Waals surface area contributed by atoms with E-state index in [1.54, 1.807) is 6.92 Å². The molecule has 1 unspecified atom stereocenters. The van der Waals surface area contributed by atoms with Gasteiger partial charge in [0.25, 0.3) is 0 Å². The maximum absolute atomic E-state index is 13.2. The second kappa shape index (κ2) is 13.9. The number of carbonyl (C=O) groups excluding carboxylic acids is 3. The Balaban J connectivity index is 1.44. The third-order valence-electron chi connectivity index (χ3n) is 7.08. The normalized spacial score (nSPS) is 21.7. The van der Waals surface area contributed by atoms with Crippen molar-refractivity contribution < 1.29 is 23.9 Å². The first-order chi connectivity index (χ1) is 16.1. The molecule has 188 valence electrons. The zero-order chi connectivity index (χ0) is 23.5. The minimum Gasteiger partial charge on any atom is -0.466 e. The van der Waals surface area contributed by atoms with E-state index < -0.39 is 0 Å². The van der Waals surface area contributed by atoms with Crippen LogP contribution in [0.1, 0.15) is 51.9 Å². The first-order valence-corrected chi connectivity index (χ1v) is 12.8. The summed E-state index contributed by atoms with van der Waals surface area (Å²) < 4.78 is 10.3. The van der Waals surface area contributed by atoms with Crippen LogP contribution in [0.4, 0.5) is 0 Å². The van der Waals surface area contributed by atoms with Crippen molar-refractivity contribution in [2.75, 3.05) is 72.2 Å². The summed E-state index contributed by atoms with van der Waals surface area (Å²) >= 11 is 0. The van der Waals surface area contributed by atoms with Crippen molar-refractivity contribution in [3.05, 3.63) is 0 Å². The summed E-state index contributed by atoms with van der Waals surface area (Å²) in [5.74, 6) is 0.213. The van der Waals surface area contributed by atoms with Gasteiger partial charge in [0, 0.05) is 52.2 Å². The van der Waals surface area contributed by atoms with E-state index in [4.69, 9.17) is 9.47 Å². The fourth-order valence-corrected chi connectivity index (χ4v) is 5.24. The largest absolute Gasteiger partial charge is 0.466 e. The van der Waals surface area contributed by atoms with E-state index in [1.165, 1.54) is 12.8 Å². The number of rotatable bonds is 11. The van der Waals surface area contributed by atoms with Crippen LogP contribution in [0.2, 0.25) is 0 Å². The van der Waals surface area contributed by atoms with Crippen molar-refractivity contribution in [3.63, 3.8) is 0 Å². The number of nitrogens with zero attached hydrogens (tertiary/aromatic N) is 3. The Bertz CT molecular complexity index is 626. The quantitative estimate of drug-likeness (QED) is 0.357. The highest BCUT2D eigenvalue weighted by molar-refractivity contribution is 5.83. The molecule has 1 N–H and O–H groups in total. The Morgan fingerprint density at radius 2 is 1.70 bits per heavy atom. The Hall–Kier alpha value is -1.71. The van der Waals surface area contributed by atoms with E-state index in [0.29, 0.717) is 45.2 Å². The van der Waals surface area contributed by atoms with Crippen LogP contribution in [0.25, 0.3) is 0 Å². The predicted octanol–water partition coefficient (Wildman–Crippen LogP) is 0.871. The fourth-order valence-electron chi connectivity index (χ4n) is 5.24. The molecular weight excluding hydrogens is 424 g/mol. The number of piperazine rings is 1. The first-order valence-electron chi connectivity index (χ1n) is 12.8. The molecule has 0 radical (unpaired) electrons.